The topological polar surface area (TPSA) is 62.6 Å². The highest BCUT2D eigenvalue weighted by Crippen LogP contribution is 2.15. The van der Waals surface area contributed by atoms with Crippen LogP contribution in [0.2, 0.25) is 0 Å². The standard InChI is InChI=1S/C5H11N3O/c1-3(2)7-4-5(8-6)9-4/h4-5,7-8H,1,6H2,2H3. The monoisotopic (exact) mass is 129 g/mol. The maximum atomic E-state index is 5.06. The number of hydrazine groups is 1. The van der Waals surface area contributed by atoms with E-state index in [1.165, 1.54) is 0 Å². The van der Waals surface area contributed by atoms with Gasteiger partial charge in [-0.05, 0) is 6.92 Å². The van der Waals surface area contributed by atoms with Gasteiger partial charge in [-0.2, -0.15) is 0 Å². The van der Waals surface area contributed by atoms with E-state index < -0.39 is 0 Å². The SMILES string of the molecule is C=C(C)NC1OC1NN. The molecular formula is C5H11N3O. The molecule has 1 rings (SSSR count). The molecule has 52 valence electrons. The minimum atomic E-state index is -0.0401. The van der Waals surface area contributed by atoms with E-state index in [1.807, 2.05) is 6.92 Å². The lowest BCUT2D eigenvalue weighted by molar-refractivity contribution is 0.336. The van der Waals surface area contributed by atoms with Gasteiger partial charge in [0.05, 0.1) is 0 Å². The van der Waals surface area contributed by atoms with Crippen molar-refractivity contribution in [2.45, 2.75) is 19.4 Å². The van der Waals surface area contributed by atoms with Crippen LogP contribution in [-0.2, 0) is 4.74 Å². The molecule has 1 saturated heterocycles. The molecule has 0 bridgehead atoms. The third-order valence-electron chi connectivity index (χ3n) is 1.04. The summed E-state index contributed by atoms with van der Waals surface area (Å²) < 4.78 is 4.97. The van der Waals surface area contributed by atoms with Gasteiger partial charge in [0.25, 0.3) is 0 Å². The largest absolute Gasteiger partial charge is 0.361 e. The molecule has 0 saturated carbocycles. The molecule has 4 heteroatoms. The van der Waals surface area contributed by atoms with Gasteiger partial charge in [-0.15, -0.1) is 0 Å². The van der Waals surface area contributed by atoms with Crippen LogP contribution in [0.4, 0.5) is 0 Å². The summed E-state index contributed by atoms with van der Waals surface area (Å²) in [5.74, 6) is 5.06. The van der Waals surface area contributed by atoms with Crippen LogP contribution in [0.3, 0.4) is 0 Å². The van der Waals surface area contributed by atoms with Crippen molar-refractivity contribution in [1.29, 1.82) is 0 Å². The van der Waals surface area contributed by atoms with E-state index in [0.717, 1.165) is 5.70 Å². The van der Waals surface area contributed by atoms with Crippen LogP contribution >= 0.6 is 0 Å². The molecule has 2 atom stereocenters. The van der Waals surface area contributed by atoms with E-state index in [0.29, 0.717) is 0 Å². The van der Waals surface area contributed by atoms with Crippen molar-refractivity contribution in [3.8, 4) is 0 Å². The minimum absolute atomic E-state index is 0.0208. The van der Waals surface area contributed by atoms with E-state index in [4.69, 9.17) is 10.6 Å². The van der Waals surface area contributed by atoms with Crippen LogP contribution in [0.15, 0.2) is 12.3 Å². The summed E-state index contributed by atoms with van der Waals surface area (Å²) in [6.45, 7) is 5.51. The maximum Gasteiger partial charge on any atom is 0.171 e. The molecule has 4 nitrogen and oxygen atoms in total. The first-order valence-electron chi connectivity index (χ1n) is 2.77. The molecule has 9 heavy (non-hydrogen) atoms. The molecule has 2 unspecified atom stereocenters. The summed E-state index contributed by atoms with van der Waals surface area (Å²) in [5, 5.41) is 2.96. The Kier molecular flexibility index (Phi) is 1.70. The Bertz CT molecular complexity index is 125. The van der Waals surface area contributed by atoms with Gasteiger partial charge in [0, 0.05) is 5.70 Å². The highest BCUT2D eigenvalue weighted by Gasteiger charge is 2.37. The van der Waals surface area contributed by atoms with E-state index in [-0.39, 0.29) is 12.5 Å². The molecule has 0 aromatic rings. The van der Waals surface area contributed by atoms with Crippen LogP contribution in [0.5, 0.6) is 0 Å². The number of nitrogens with two attached hydrogens (primary N) is 1. The Hall–Kier alpha value is -0.580. The van der Waals surface area contributed by atoms with Crippen LogP contribution in [0.1, 0.15) is 6.92 Å². The highest BCUT2D eigenvalue weighted by atomic mass is 16.6. The van der Waals surface area contributed by atoms with Gasteiger partial charge in [0.1, 0.15) is 0 Å². The van der Waals surface area contributed by atoms with Crippen LogP contribution in [0, 0.1) is 0 Å². The Labute approximate surface area is 54.0 Å². The normalized spacial score (nSPS) is 31.8. The van der Waals surface area contributed by atoms with E-state index in [1.54, 1.807) is 0 Å². The van der Waals surface area contributed by atoms with Gasteiger partial charge in [-0.3, -0.25) is 5.84 Å². The van der Waals surface area contributed by atoms with Gasteiger partial charge in [0.15, 0.2) is 12.5 Å². The second-order valence-corrected chi connectivity index (χ2v) is 2.07. The van der Waals surface area contributed by atoms with Crippen LogP contribution < -0.4 is 16.6 Å². The maximum absolute atomic E-state index is 5.06. The van der Waals surface area contributed by atoms with Gasteiger partial charge < -0.3 is 10.1 Å². The molecule has 0 aromatic heterocycles. The first-order valence-corrected chi connectivity index (χ1v) is 2.77. The molecule has 0 aliphatic carbocycles. The Morgan fingerprint density at radius 2 is 2.33 bits per heavy atom. The van der Waals surface area contributed by atoms with E-state index in [2.05, 4.69) is 17.3 Å². The quantitative estimate of drug-likeness (QED) is 0.267. The van der Waals surface area contributed by atoms with E-state index >= 15 is 0 Å². The lowest BCUT2D eigenvalue weighted by atomic mass is 10.5. The molecule has 0 aromatic carbocycles. The number of allylic oxidation sites excluding steroid dienone is 1. The average Bonchev–Trinajstić information content (AvgIpc) is 2.45. The van der Waals surface area contributed by atoms with Gasteiger partial charge >= 0.3 is 0 Å². The fourth-order valence-corrected chi connectivity index (χ4v) is 0.592. The summed E-state index contributed by atoms with van der Waals surface area (Å²) in [4.78, 5) is 0. The fourth-order valence-electron chi connectivity index (χ4n) is 0.592. The van der Waals surface area contributed by atoms with Crippen molar-refractivity contribution in [3.05, 3.63) is 12.3 Å². The predicted molar refractivity (Wildman–Crippen MR) is 33.9 cm³/mol. The Morgan fingerprint density at radius 1 is 1.67 bits per heavy atom. The fraction of sp³-hybridized carbons (Fsp3) is 0.600. The second kappa shape index (κ2) is 2.34. The zero-order chi connectivity index (χ0) is 6.85. The summed E-state index contributed by atoms with van der Waals surface area (Å²) in [6, 6.07) is 0. The average molecular weight is 129 g/mol. The third-order valence-corrected chi connectivity index (χ3v) is 1.04. The van der Waals surface area contributed by atoms with Crippen molar-refractivity contribution in [3.63, 3.8) is 0 Å². The van der Waals surface area contributed by atoms with Crippen molar-refractivity contribution < 1.29 is 4.74 Å². The third kappa shape index (κ3) is 1.67. The molecule has 1 heterocycles. The molecule has 1 fully saturated rings. The highest BCUT2D eigenvalue weighted by molar-refractivity contribution is 4.92. The van der Waals surface area contributed by atoms with Crippen LogP contribution in [0.25, 0.3) is 0 Å². The van der Waals surface area contributed by atoms with Crippen molar-refractivity contribution in [2.75, 3.05) is 0 Å². The van der Waals surface area contributed by atoms with Gasteiger partial charge in [-0.25, -0.2) is 5.43 Å². The number of nitrogens with one attached hydrogen (secondary N) is 2. The lowest BCUT2D eigenvalue weighted by Gasteiger charge is -1.97. The predicted octanol–water partition coefficient (Wildman–Crippen LogP) is -0.745. The van der Waals surface area contributed by atoms with Gasteiger partial charge in [-0.1, -0.05) is 6.58 Å². The first-order chi connectivity index (χ1) is 4.24. The molecule has 1 aliphatic heterocycles. The lowest BCUT2D eigenvalue weighted by Crippen LogP contribution is -2.31. The second-order valence-electron chi connectivity index (χ2n) is 2.07. The summed E-state index contributed by atoms with van der Waals surface area (Å²) >= 11 is 0. The van der Waals surface area contributed by atoms with Crippen LogP contribution in [-0.4, -0.2) is 12.5 Å². The smallest absolute Gasteiger partial charge is 0.171 e. The van der Waals surface area contributed by atoms with Gasteiger partial charge in [0.2, 0.25) is 0 Å². The van der Waals surface area contributed by atoms with E-state index in [9.17, 15) is 0 Å². The number of hydrogen-bond donors (Lipinski definition) is 3. The molecule has 1 aliphatic rings. The van der Waals surface area contributed by atoms with Crippen molar-refractivity contribution in [2.24, 2.45) is 5.84 Å². The van der Waals surface area contributed by atoms with Crippen molar-refractivity contribution >= 4 is 0 Å². The number of hydrogen-bond acceptors (Lipinski definition) is 4. The summed E-state index contributed by atoms with van der Waals surface area (Å²) in [7, 11) is 0. The zero-order valence-corrected chi connectivity index (χ0v) is 5.35. The first kappa shape index (κ1) is 6.54. The summed E-state index contributed by atoms with van der Waals surface area (Å²) in [5.41, 5.74) is 3.36. The number of epoxide rings is 1. The molecule has 4 N–H and O–H groups in total. The summed E-state index contributed by atoms with van der Waals surface area (Å²) in [6.07, 6.45) is -0.0193. The molecule has 0 radical (unpaired) electrons. The Balaban J connectivity index is 2.12. The van der Waals surface area contributed by atoms with Crippen molar-refractivity contribution in [1.82, 2.24) is 10.7 Å². The minimum Gasteiger partial charge on any atom is -0.361 e. The number of ether oxygens (including phenoxy) is 1. The zero-order valence-electron chi connectivity index (χ0n) is 5.35. The molecule has 0 amide bonds. The molecular weight excluding hydrogens is 118 g/mol. The number of rotatable bonds is 3. The molecule has 0 spiro atoms. The Morgan fingerprint density at radius 3 is 2.67 bits per heavy atom.